The first kappa shape index (κ1) is 36.5. The lowest BCUT2D eigenvalue weighted by atomic mass is 10.00. The van der Waals surface area contributed by atoms with Crippen molar-refractivity contribution in [3.8, 4) is 39.1 Å². The molecule has 3 nitrogen and oxygen atoms in total. The summed E-state index contributed by atoms with van der Waals surface area (Å²) in [6.07, 6.45) is 0. The van der Waals surface area contributed by atoms with E-state index in [2.05, 4.69) is 234 Å². The van der Waals surface area contributed by atoms with Crippen molar-refractivity contribution in [2.75, 3.05) is 4.90 Å². The number of thiophene rings is 1. The van der Waals surface area contributed by atoms with Crippen LogP contribution in [0.2, 0.25) is 0 Å². The van der Waals surface area contributed by atoms with Crippen LogP contribution in [0.3, 0.4) is 0 Å². The molecule has 300 valence electrons. The lowest BCUT2D eigenvalue weighted by Gasteiger charge is -2.26. The third kappa shape index (κ3) is 5.95. The van der Waals surface area contributed by atoms with Crippen molar-refractivity contribution in [3.05, 3.63) is 231 Å². The average Bonchev–Trinajstić information content (AvgIpc) is 4.04. The number of anilines is 3. The second-order valence-electron chi connectivity index (χ2n) is 16.5. The van der Waals surface area contributed by atoms with Crippen molar-refractivity contribution in [3.63, 3.8) is 0 Å². The third-order valence-electron chi connectivity index (χ3n) is 12.8. The van der Waals surface area contributed by atoms with Crippen molar-refractivity contribution in [2.24, 2.45) is 0 Å². The number of para-hydroxylation sites is 3. The molecule has 0 saturated carbocycles. The molecular formula is C60H38N2OS. The van der Waals surface area contributed by atoms with Crippen LogP contribution < -0.4 is 4.90 Å². The largest absolute Gasteiger partial charge is 0.455 e. The van der Waals surface area contributed by atoms with Crippen LogP contribution in [-0.4, -0.2) is 4.57 Å². The zero-order valence-electron chi connectivity index (χ0n) is 34.7. The molecule has 13 rings (SSSR count). The Kier molecular flexibility index (Phi) is 8.40. The number of hydrogen-bond acceptors (Lipinski definition) is 3. The van der Waals surface area contributed by atoms with Gasteiger partial charge in [0, 0.05) is 70.0 Å². The van der Waals surface area contributed by atoms with Crippen LogP contribution in [0.4, 0.5) is 17.1 Å². The fourth-order valence-electron chi connectivity index (χ4n) is 9.73. The second kappa shape index (κ2) is 14.7. The van der Waals surface area contributed by atoms with Gasteiger partial charge in [-0.1, -0.05) is 146 Å². The molecule has 4 heteroatoms. The average molecular weight is 835 g/mol. The molecule has 0 atom stereocenters. The van der Waals surface area contributed by atoms with Crippen LogP contribution in [0.15, 0.2) is 235 Å². The molecule has 0 fully saturated rings. The van der Waals surface area contributed by atoms with E-state index in [4.69, 9.17) is 4.42 Å². The van der Waals surface area contributed by atoms with Crippen molar-refractivity contribution in [2.45, 2.75) is 0 Å². The molecule has 10 aromatic carbocycles. The van der Waals surface area contributed by atoms with Crippen molar-refractivity contribution in [1.29, 1.82) is 0 Å². The molecule has 0 aliphatic heterocycles. The van der Waals surface area contributed by atoms with Gasteiger partial charge in [-0.05, 0) is 113 Å². The van der Waals surface area contributed by atoms with Crippen LogP contribution in [0.25, 0.3) is 103 Å². The summed E-state index contributed by atoms with van der Waals surface area (Å²) in [6, 6.07) is 83.3. The highest BCUT2D eigenvalue weighted by Crippen LogP contribution is 2.42. The summed E-state index contributed by atoms with van der Waals surface area (Å²) in [5.41, 5.74) is 15.5. The van der Waals surface area contributed by atoms with Gasteiger partial charge in [0.1, 0.15) is 11.2 Å². The first-order valence-electron chi connectivity index (χ1n) is 21.7. The second-order valence-corrected chi connectivity index (χ2v) is 17.6. The Hall–Kier alpha value is -8.18. The Bertz CT molecular complexity index is 3820. The number of nitrogens with zero attached hydrogens (tertiary/aromatic N) is 2. The maximum absolute atomic E-state index is 6.51. The number of benzene rings is 10. The van der Waals surface area contributed by atoms with Gasteiger partial charge in [-0.3, -0.25) is 0 Å². The molecule has 0 aliphatic carbocycles. The van der Waals surface area contributed by atoms with Gasteiger partial charge in [-0.2, -0.15) is 0 Å². The number of furan rings is 1. The molecule has 0 spiro atoms. The monoisotopic (exact) mass is 834 g/mol. The van der Waals surface area contributed by atoms with Crippen molar-refractivity contribution < 1.29 is 4.42 Å². The summed E-state index contributed by atoms with van der Waals surface area (Å²) in [6.45, 7) is 0. The van der Waals surface area contributed by atoms with Crippen molar-refractivity contribution >= 4 is 92.3 Å². The van der Waals surface area contributed by atoms with Gasteiger partial charge in [0.15, 0.2) is 0 Å². The Morgan fingerprint density at radius 3 is 1.56 bits per heavy atom. The lowest BCUT2D eigenvalue weighted by molar-refractivity contribution is 0.670. The van der Waals surface area contributed by atoms with Gasteiger partial charge in [-0.15, -0.1) is 11.3 Å². The highest BCUT2D eigenvalue weighted by molar-refractivity contribution is 7.25. The van der Waals surface area contributed by atoms with Crippen LogP contribution in [0, 0.1) is 0 Å². The lowest BCUT2D eigenvalue weighted by Crippen LogP contribution is -2.10. The molecule has 0 aliphatic rings. The van der Waals surface area contributed by atoms with Gasteiger partial charge in [0.2, 0.25) is 0 Å². The maximum Gasteiger partial charge on any atom is 0.143 e. The van der Waals surface area contributed by atoms with Crippen molar-refractivity contribution in [1.82, 2.24) is 4.57 Å². The predicted molar refractivity (Wildman–Crippen MR) is 272 cm³/mol. The van der Waals surface area contributed by atoms with Crippen LogP contribution in [-0.2, 0) is 0 Å². The third-order valence-corrected chi connectivity index (χ3v) is 14.0. The smallest absolute Gasteiger partial charge is 0.143 e. The Morgan fingerprint density at radius 1 is 0.344 bits per heavy atom. The molecule has 0 N–H and O–H groups in total. The van der Waals surface area contributed by atoms with E-state index in [0.717, 1.165) is 66.9 Å². The quantitative estimate of drug-likeness (QED) is 0.159. The molecule has 64 heavy (non-hydrogen) atoms. The summed E-state index contributed by atoms with van der Waals surface area (Å²) >= 11 is 1.86. The fourth-order valence-corrected chi connectivity index (χ4v) is 10.9. The molecule has 0 unspecified atom stereocenters. The zero-order chi connectivity index (χ0) is 42.1. The molecule has 13 aromatic rings. The van der Waals surface area contributed by atoms with E-state index in [1.165, 1.54) is 53.1 Å². The summed E-state index contributed by atoms with van der Waals surface area (Å²) < 4.78 is 11.5. The fraction of sp³-hybridized carbons (Fsp3) is 0. The zero-order valence-corrected chi connectivity index (χ0v) is 35.5. The summed E-state index contributed by atoms with van der Waals surface area (Å²) in [5, 5.41) is 7.39. The summed E-state index contributed by atoms with van der Waals surface area (Å²) in [5.74, 6) is 0. The van der Waals surface area contributed by atoms with E-state index in [9.17, 15) is 0 Å². The van der Waals surface area contributed by atoms with E-state index < -0.39 is 0 Å². The molecular weight excluding hydrogens is 797 g/mol. The van der Waals surface area contributed by atoms with Crippen LogP contribution in [0.5, 0.6) is 0 Å². The van der Waals surface area contributed by atoms with Crippen LogP contribution in [0.1, 0.15) is 0 Å². The molecule has 0 bridgehead atoms. The topological polar surface area (TPSA) is 21.3 Å². The van der Waals surface area contributed by atoms with E-state index in [1.54, 1.807) is 0 Å². The molecule has 0 amide bonds. The van der Waals surface area contributed by atoms with Gasteiger partial charge < -0.3 is 13.9 Å². The van der Waals surface area contributed by atoms with Crippen LogP contribution >= 0.6 is 11.3 Å². The minimum Gasteiger partial charge on any atom is -0.455 e. The SMILES string of the molecule is c1ccc(-c2cccc3c2oc2ccc(-c4ccc(N(c5ccc(-c6ccc7c(c6)sc6ccccc67)cc5)c5ccc(-n6c7ccccc7c7ccccc76)cc5)cc4)cc23)cc1. The molecule has 3 heterocycles. The van der Waals surface area contributed by atoms with Gasteiger partial charge >= 0.3 is 0 Å². The number of hydrogen-bond donors (Lipinski definition) is 0. The maximum atomic E-state index is 6.51. The highest BCUT2D eigenvalue weighted by atomic mass is 32.1. The van der Waals surface area contributed by atoms with E-state index >= 15 is 0 Å². The Balaban J connectivity index is 0.887. The normalized spacial score (nSPS) is 11.8. The first-order valence-corrected chi connectivity index (χ1v) is 22.6. The van der Waals surface area contributed by atoms with E-state index in [0.29, 0.717) is 0 Å². The highest BCUT2D eigenvalue weighted by Gasteiger charge is 2.18. The van der Waals surface area contributed by atoms with E-state index in [-0.39, 0.29) is 0 Å². The molecule has 3 aromatic heterocycles. The minimum atomic E-state index is 0.890. The first-order chi connectivity index (χ1) is 31.7. The van der Waals surface area contributed by atoms with Gasteiger partial charge in [-0.25, -0.2) is 0 Å². The molecule has 0 radical (unpaired) electrons. The number of rotatable bonds is 7. The molecule has 0 saturated heterocycles. The van der Waals surface area contributed by atoms with Gasteiger partial charge in [0.25, 0.3) is 0 Å². The number of fused-ring (bicyclic) bond motifs is 9. The Morgan fingerprint density at radius 2 is 0.875 bits per heavy atom. The minimum absolute atomic E-state index is 0.890. The summed E-state index contributed by atoms with van der Waals surface area (Å²) in [7, 11) is 0. The van der Waals surface area contributed by atoms with E-state index in [1.807, 2.05) is 17.4 Å². The standard InChI is InChI=1S/C60H38N2OS/c1-2-11-41(12-3-1)48-16-10-17-53-54-37-42(26-36-57(54)63-60(48)53)39-21-27-44(28-22-39)61(45-29-23-40(24-30-45)43-25-35-52-51-15-6-9-20-58(51)64-59(52)38-43)46-31-33-47(34-32-46)62-55-18-7-4-13-49(55)50-14-5-8-19-56(50)62/h1-38H. The number of aromatic nitrogens is 1. The Labute approximate surface area is 373 Å². The van der Waals surface area contributed by atoms with Gasteiger partial charge in [0.05, 0.1) is 11.0 Å². The summed E-state index contributed by atoms with van der Waals surface area (Å²) in [4.78, 5) is 2.36. The predicted octanol–water partition coefficient (Wildman–Crippen LogP) is 17.5.